The van der Waals surface area contributed by atoms with Gasteiger partial charge in [-0.15, -0.1) is 11.3 Å². The molecule has 2 amide bonds. The van der Waals surface area contributed by atoms with Crippen molar-refractivity contribution < 1.29 is 19.1 Å². The Morgan fingerprint density at radius 3 is 2.44 bits per heavy atom. The lowest BCUT2D eigenvalue weighted by molar-refractivity contribution is -0.132. The number of rotatable bonds is 6. The van der Waals surface area contributed by atoms with Gasteiger partial charge in [-0.05, 0) is 58.8 Å². The topological polar surface area (TPSA) is 67.9 Å². The zero-order valence-corrected chi connectivity index (χ0v) is 19.2. The predicted molar refractivity (Wildman–Crippen MR) is 126 cm³/mol. The van der Waals surface area contributed by atoms with Crippen LogP contribution < -0.4 is 14.8 Å². The molecular formula is C25H26N2O4S. The molecule has 0 fully saturated rings. The molecule has 1 aliphatic heterocycles. The number of nitrogens with one attached hydrogen (secondary N) is 1. The Hall–Kier alpha value is -3.32. The number of amides is 2. The van der Waals surface area contributed by atoms with Crippen LogP contribution in [-0.2, 0) is 22.4 Å². The summed E-state index contributed by atoms with van der Waals surface area (Å²) in [5, 5.41) is 4.79. The lowest BCUT2D eigenvalue weighted by atomic mass is 9.90. The van der Waals surface area contributed by atoms with Gasteiger partial charge in [-0.2, -0.15) is 0 Å². The first-order chi connectivity index (χ1) is 15.5. The van der Waals surface area contributed by atoms with Crippen molar-refractivity contribution in [1.82, 2.24) is 4.90 Å². The molecule has 1 unspecified atom stereocenters. The molecule has 0 saturated heterocycles. The minimum absolute atomic E-state index is 0.0658. The van der Waals surface area contributed by atoms with Crippen molar-refractivity contribution in [2.24, 2.45) is 0 Å². The van der Waals surface area contributed by atoms with E-state index in [0.717, 1.165) is 28.1 Å². The number of ether oxygens (including phenoxy) is 2. The van der Waals surface area contributed by atoms with Crippen molar-refractivity contribution in [1.29, 1.82) is 0 Å². The molecule has 1 atom stereocenters. The van der Waals surface area contributed by atoms with Crippen LogP contribution in [0.15, 0.2) is 53.9 Å². The third kappa shape index (κ3) is 4.48. The van der Waals surface area contributed by atoms with E-state index < -0.39 is 0 Å². The van der Waals surface area contributed by atoms with E-state index in [1.54, 1.807) is 25.6 Å². The van der Waals surface area contributed by atoms with Crippen LogP contribution in [0.5, 0.6) is 11.5 Å². The number of fused-ring (bicyclic) bond motifs is 1. The Morgan fingerprint density at radius 1 is 1.09 bits per heavy atom. The van der Waals surface area contributed by atoms with E-state index in [-0.39, 0.29) is 17.9 Å². The van der Waals surface area contributed by atoms with Gasteiger partial charge in [0, 0.05) is 24.0 Å². The van der Waals surface area contributed by atoms with Gasteiger partial charge >= 0.3 is 0 Å². The fourth-order valence-electron chi connectivity index (χ4n) is 4.15. The first-order valence-corrected chi connectivity index (χ1v) is 11.3. The number of carbonyl (C=O) groups is 2. The van der Waals surface area contributed by atoms with Crippen molar-refractivity contribution in [3.05, 3.63) is 75.5 Å². The second kappa shape index (κ2) is 9.44. The third-order valence-electron chi connectivity index (χ3n) is 5.64. The summed E-state index contributed by atoms with van der Waals surface area (Å²) in [6, 6.07) is 15.4. The Kier molecular flexibility index (Phi) is 6.46. The largest absolute Gasteiger partial charge is 0.493 e. The summed E-state index contributed by atoms with van der Waals surface area (Å²) in [4.78, 5) is 27.7. The molecule has 3 aromatic rings. The quantitative estimate of drug-likeness (QED) is 0.603. The molecule has 0 aliphatic carbocycles. The number of hydrogen-bond donors (Lipinski definition) is 1. The predicted octanol–water partition coefficient (Wildman–Crippen LogP) is 4.44. The molecule has 1 aliphatic rings. The van der Waals surface area contributed by atoms with Gasteiger partial charge in [0.2, 0.25) is 11.8 Å². The maximum Gasteiger partial charge on any atom is 0.227 e. The number of anilines is 1. The lowest BCUT2D eigenvalue weighted by Crippen LogP contribution is -2.41. The summed E-state index contributed by atoms with van der Waals surface area (Å²) >= 11 is 1.65. The SMILES string of the molecule is COc1cc2c(cc1OC)C(c1cccs1)N(C(=O)Cc1ccc(NC(C)=O)cc1)CC2. The molecule has 0 spiro atoms. The van der Waals surface area contributed by atoms with Gasteiger partial charge in [0.25, 0.3) is 0 Å². The summed E-state index contributed by atoms with van der Waals surface area (Å²) in [5.41, 5.74) is 3.88. The van der Waals surface area contributed by atoms with E-state index in [2.05, 4.69) is 11.4 Å². The van der Waals surface area contributed by atoms with Crippen molar-refractivity contribution in [3.8, 4) is 11.5 Å². The van der Waals surface area contributed by atoms with Crippen LogP contribution in [0.2, 0.25) is 0 Å². The minimum atomic E-state index is -0.162. The summed E-state index contributed by atoms with van der Waals surface area (Å²) in [6.07, 6.45) is 1.05. The number of hydrogen-bond acceptors (Lipinski definition) is 5. The molecule has 0 bridgehead atoms. The molecule has 0 radical (unpaired) electrons. The van der Waals surface area contributed by atoms with E-state index in [9.17, 15) is 9.59 Å². The van der Waals surface area contributed by atoms with Gasteiger partial charge in [0.15, 0.2) is 11.5 Å². The van der Waals surface area contributed by atoms with Crippen LogP contribution in [0.4, 0.5) is 5.69 Å². The summed E-state index contributed by atoms with van der Waals surface area (Å²) in [7, 11) is 3.26. The Labute approximate surface area is 191 Å². The highest BCUT2D eigenvalue weighted by atomic mass is 32.1. The molecule has 4 rings (SSSR count). The van der Waals surface area contributed by atoms with Gasteiger partial charge in [-0.25, -0.2) is 0 Å². The summed E-state index contributed by atoms with van der Waals surface area (Å²) < 4.78 is 11.0. The number of methoxy groups -OCH3 is 2. The molecule has 166 valence electrons. The molecule has 7 heteroatoms. The van der Waals surface area contributed by atoms with E-state index in [1.807, 2.05) is 52.7 Å². The van der Waals surface area contributed by atoms with Crippen molar-refractivity contribution in [2.75, 3.05) is 26.1 Å². The van der Waals surface area contributed by atoms with Crippen LogP contribution in [0.25, 0.3) is 0 Å². The van der Waals surface area contributed by atoms with Crippen LogP contribution >= 0.6 is 11.3 Å². The normalized spacial score (nSPS) is 15.1. The molecule has 0 saturated carbocycles. The monoisotopic (exact) mass is 450 g/mol. The maximum absolute atomic E-state index is 13.4. The molecule has 1 N–H and O–H groups in total. The molecule has 32 heavy (non-hydrogen) atoms. The highest BCUT2D eigenvalue weighted by Gasteiger charge is 2.33. The number of carbonyl (C=O) groups excluding carboxylic acids is 2. The third-order valence-corrected chi connectivity index (χ3v) is 6.56. The van der Waals surface area contributed by atoms with Crippen LogP contribution in [0.1, 0.15) is 34.5 Å². The first-order valence-electron chi connectivity index (χ1n) is 10.4. The second-order valence-corrected chi connectivity index (χ2v) is 8.70. The van der Waals surface area contributed by atoms with E-state index in [1.165, 1.54) is 12.5 Å². The minimum Gasteiger partial charge on any atom is -0.493 e. The molecule has 2 heterocycles. The number of thiophene rings is 1. The Balaban J connectivity index is 1.63. The van der Waals surface area contributed by atoms with Gasteiger partial charge in [0.1, 0.15) is 0 Å². The zero-order valence-electron chi connectivity index (χ0n) is 18.4. The van der Waals surface area contributed by atoms with E-state index in [0.29, 0.717) is 24.5 Å². The summed E-state index contributed by atoms with van der Waals surface area (Å²) in [6.45, 7) is 2.11. The smallest absolute Gasteiger partial charge is 0.227 e. The molecular weight excluding hydrogens is 424 g/mol. The van der Waals surface area contributed by atoms with E-state index >= 15 is 0 Å². The van der Waals surface area contributed by atoms with Crippen molar-refractivity contribution >= 4 is 28.8 Å². The number of benzene rings is 2. The molecule has 2 aromatic carbocycles. The first kappa shape index (κ1) is 21.9. The number of nitrogens with zero attached hydrogens (tertiary/aromatic N) is 1. The van der Waals surface area contributed by atoms with E-state index in [4.69, 9.17) is 9.47 Å². The summed E-state index contributed by atoms with van der Waals surface area (Å²) in [5.74, 6) is 1.31. The Morgan fingerprint density at radius 2 is 1.81 bits per heavy atom. The van der Waals surface area contributed by atoms with Crippen molar-refractivity contribution in [3.63, 3.8) is 0 Å². The molecule has 6 nitrogen and oxygen atoms in total. The lowest BCUT2D eigenvalue weighted by Gasteiger charge is -2.37. The highest BCUT2D eigenvalue weighted by molar-refractivity contribution is 7.10. The average molecular weight is 451 g/mol. The fourth-order valence-corrected chi connectivity index (χ4v) is 5.01. The van der Waals surface area contributed by atoms with Gasteiger partial charge < -0.3 is 19.7 Å². The second-order valence-electron chi connectivity index (χ2n) is 7.72. The van der Waals surface area contributed by atoms with Gasteiger partial charge in [-0.1, -0.05) is 18.2 Å². The van der Waals surface area contributed by atoms with Gasteiger partial charge in [0.05, 0.1) is 26.7 Å². The highest BCUT2D eigenvalue weighted by Crippen LogP contribution is 2.42. The van der Waals surface area contributed by atoms with Crippen molar-refractivity contribution in [2.45, 2.75) is 25.8 Å². The van der Waals surface area contributed by atoms with Crippen LogP contribution in [-0.4, -0.2) is 37.5 Å². The average Bonchev–Trinajstić information content (AvgIpc) is 3.32. The standard InChI is InChI=1S/C25H26N2O4S/c1-16(28)26-19-8-6-17(7-9-19)13-24(29)27-11-10-18-14-21(30-2)22(31-3)15-20(18)25(27)23-5-4-12-32-23/h4-9,12,14-15,25H,10-11,13H2,1-3H3,(H,26,28). The molecule has 1 aromatic heterocycles. The fraction of sp³-hybridized carbons (Fsp3) is 0.280. The maximum atomic E-state index is 13.4. The van der Waals surface area contributed by atoms with Crippen LogP contribution in [0.3, 0.4) is 0 Å². The zero-order chi connectivity index (χ0) is 22.7. The Bertz CT molecular complexity index is 1110. The van der Waals surface area contributed by atoms with Crippen LogP contribution in [0, 0.1) is 0 Å². The van der Waals surface area contributed by atoms with Gasteiger partial charge in [-0.3, -0.25) is 9.59 Å².